The van der Waals surface area contributed by atoms with E-state index in [1.165, 1.54) is 0 Å². The molecule has 4 heterocycles. The lowest BCUT2D eigenvalue weighted by Gasteiger charge is -2.31. The van der Waals surface area contributed by atoms with Gasteiger partial charge in [0.25, 0.3) is 11.5 Å². The van der Waals surface area contributed by atoms with Gasteiger partial charge >= 0.3 is 0 Å². The van der Waals surface area contributed by atoms with Crippen molar-refractivity contribution >= 4 is 43.9 Å². The van der Waals surface area contributed by atoms with E-state index in [-0.39, 0.29) is 23.0 Å². The van der Waals surface area contributed by atoms with Gasteiger partial charge < -0.3 is 14.3 Å². The molecule has 0 unspecified atom stereocenters. The van der Waals surface area contributed by atoms with Crippen LogP contribution in [-0.2, 0) is 0 Å². The fraction of sp³-hybridized carbons (Fsp3) is 0.238. The molecule has 29 heavy (non-hydrogen) atoms. The average Bonchev–Trinajstić information content (AvgIpc) is 3.12. The van der Waals surface area contributed by atoms with Crippen molar-refractivity contribution in [3.05, 3.63) is 68.9 Å². The van der Waals surface area contributed by atoms with Crippen LogP contribution in [0.1, 0.15) is 34.9 Å². The normalized spacial score (nSPS) is 15.3. The zero-order valence-electron chi connectivity index (χ0n) is 15.4. The molecule has 5 rings (SSSR count). The van der Waals surface area contributed by atoms with Crippen LogP contribution in [0.15, 0.2) is 56.4 Å². The van der Waals surface area contributed by atoms with Crippen molar-refractivity contribution in [1.29, 1.82) is 0 Å². The van der Waals surface area contributed by atoms with Crippen molar-refractivity contribution < 1.29 is 9.21 Å². The maximum atomic E-state index is 12.6. The number of hydrogen-bond donors (Lipinski definition) is 1. The van der Waals surface area contributed by atoms with Crippen LogP contribution in [0.4, 0.5) is 0 Å². The first kappa shape index (κ1) is 18.1. The van der Waals surface area contributed by atoms with Gasteiger partial charge in [0.1, 0.15) is 16.9 Å². The van der Waals surface area contributed by atoms with Crippen LogP contribution in [0.3, 0.4) is 0 Å². The van der Waals surface area contributed by atoms with E-state index in [0.29, 0.717) is 35.6 Å². The summed E-state index contributed by atoms with van der Waals surface area (Å²) in [4.78, 5) is 38.6. The van der Waals surface area contributed by atoms with Crippen LogP contribution in [0, 0.1) is 0 Å². The number of rotatable bonds is 2. The van der Waals surface area contributed by atoms with Crippen LogP contribution in [-0.4, -0.2) is 38.8 Å². The first-order chi connectivity index (χ1) is 14.1. The van der Waals surface area contributed by atoms with E-state index < -0.39 is 0 Å². The van der Waals surface area contributed by atoms with Gasteiger partial charge in [-0.2, -0.15) is 0 Å². The first-order valence-corrected chi connectivity index (χ1v) is 10.2. The van der Waals surface area contributed by atoms with Crippen LogP contribution in [0.2, 0.25) is 0 Å². The molecule has 1 fully saturated rings. The Kier molecular flexibility index (Phi) is 4.43. The number of piperidine rings is 1. The van der Waals surface area contributed by atoms with Crippen molar-refractivity contribution in [2.75, 3.05) is 13.1 Å². The highest BCUT2D eigenvalue weighted by Gasteiger charge is 2.27. The number of nitrogens with one attached hydrogen (secondary N) is 1. The van der Waals surface area contributed by atoms with Crippen LogP contribution >= 0.6 is 15.9 Å². The van der Waals surface area contributed by atoms with Gasteiger partial charge in [-0.15, -0.1) is 0 Å². The fourth-order valence-electron chi connectivity index (χ4n) is 3.87. The molecule has 1 aliphatic heterocycles. The van der Waals surface area contributed by atoms with Crippen molar-refractivity contribution in [3.63, 3.8) is 0 Å². The summed E-state index contributed by atoms with van der Waals surface area (Å²) in [5.74, 6) is 0.750. The topological polar surface area (TPSA) is 92.1 Å². The second-order valence-electron chi connectivity index (χ2n) is 7.17. The van der Waals surface area contributed by atoms with Gasteiger partial charge in [0.05, 0.1) is 0 Å². The van der Waals surface area contributed by atoms with Gasteiger partial charge in [0, 0.05) is 46.8 Å². The minimum atomic E-state index is -0.271. The number of likely N-dealkylation sites (tertiary alicyclic amines) is 1. The summed E-state index contributed by atoms with van der Waals surface area (Å²) in [6.07, 6.45) is 4.73. The zero-order chi connectivity index (χ0) is 20.0. The second-order valence-corrected chi connectivity index (χ2v) is 8.09. The number of amides is 1. The van der Waals surface area contributed by atoms with Crippen molar-refractivity contribution in [1.82, 2.24) is 19.9 Å². The number of H-pyrrole nitrogens is 1. The van der Waals surface area contributed by atoms with Crippen LogP contribution < -0.4 is 5.56 Å². The molecule has 0 aliphatic carbocycles. The first-order valence-electron chi connectivity index (χ1n) is 9.41. The average molecular weight is 453 g/mol. The van der Waals surface area contributed by atoms with E-state index in [1.54, 1.807) is 24.5 Å². The fourth-order valence-corrected chi connectivity index (χ4v) is 4.23. The number of nitrogens with zero attached hydrogens (tertiary/aromatic N) is 3. The molecule has 0 bridgehead atoms. The molecule has 0 atom stereocenters. The van der Waals surface area contributed by atoms with Crippen LogP contribution in [0.5, 0.6) is 0 Å². The van der Waals surface area contributed by atoms with Gasteiger partial charge in [0.15, 0.2) is 0 Å². The molecule has 1 aliphatic rings. The molecule has 1 aromatic carbocycles. The summed E-state index contributed by atoms with van der Waals surface area (Å²) in [5, 5.41) is 0.812. The van der Waals surface area contributed by atoms with Crippen LogP contribution in [0.25, 0.3) is 22.1 Å². The molecule has 7 nitrogen and oxygen atoms in total. The molecule has 0 saturated carbocycles. The molecule has 1 N–H and O–H groups in total. The van der Waals surface area contributed by atoms with Crippen molar-refractivity contribution in [2.45, 2.75) is 18.8 Å². The number of halogens is 1. The lowest BCUT2D eigenvalue weighted by Crippen LogP contribution is -2.38. The molecule has 146 valence electrons. The number of benzene rings is 1. The quantitative estimate of drug-likeness (QED) is 0.498. The molecule has 8 heteroatoms. The summed E-state index contributed by atoms with van der Waals surface area (Å²) in [5.41, 5.74) is 1.83. The Morgan fingerprint density at radius 3 is 2.69 bits per heavy atom. The summed E-state index contributed by atoms with van der Waals surface area (Å²) in [6, 6.07) is 9.05. The zero-order valence-corrected chi connectivity index (χ0v) is 17.0. The lowest BCUT2D eigenvalue weighted by molar-refractivity contribution is 0.0711. The standard InChI is InChI=1S/C21H17BrN4O3/c22-14-1-2-16-15(11-14)17-18(29-16)20(27)25-19(24-17)12-5-9-26(10-6-12)21(28)13-3-7-23-8-4-13/h1-4,7-8,11-12H,5-6,9-10H2,(H,24,25,27). The SMILES string of the molecule is O=C(c1ccncc1)N1CCC(c2nc3c(oc4ccc(Br)cc43)c(=O)[nH]2)CC1. The van der Waals surface area contributed by atoms with E-state index in [1.807, 2.05) is 23.1 Å². The minimum absolute atomic E-state index is 0.00781. The molecule has 1 amide bonds. The number of fused-ring (bicyclic) bond motifs is 3. The molecule has 0 radical (unpaired) electrons. The third-order valence-corrected chi connectivity index (χ3v) is 5.89. The smallest absolute Gasteiger partial charge is 0.294 e. The third-order valence-electron chi connectivity index (χ3n) is 5.40. The van der Waals surface area contributed by atoms with Gasteiger partial charge in [0.2, 0.25) is 5.58 Å². The van der Waals surface area contributed by atoms with Gasteiger partial charge in [-0.1, -0.05) is 15.9 Å². The highest BCUT2D eigenvalue weighted by atomic mass is 79.9. The number of hydrogen-bond acceptors (Lipinski definition) is 5. The minimum Gasteiger partial charge on any atom is -0.449 e. The van der Waals surface area contributed by atoms with E-state index in [0.717, 1.165) is 22.7 Å². The summed E-state index contributed by atoms with van der Waals surface area (Å²) >= 11 is 3.46. The molecular formula is C21H17BrN4O3. The number of furan rings is 1. The lowest BCUT2D eigenvalue weighted by atomic mass is 9.95. The van der Waals surface area contributed by atoms with E-state index in [9.17, 15) is 9.59 Å². The molecule has 3 aromatic heterocycles. The van der Waals surface area contributed by atoms with E-state index >= 15 is 0 Å². The highest BCUT2D eigenvalue weighted by molar-refractivity contribution is 9.10. The Labute approximate surface area is 173 Å². The number of aromatic amines is 1. The Morgan fingerprint density at radius 1 is 1.17 bits per heavy atom. The molecule has 4 aromatic rings. The summed E-state index contributed by atoms with van der Waals surface area (Å²) < 4.78 is 6.60. The number of carbonyl (C=O) groups is 1. The predicted molar refractivity (Wildman–Crippen MR) is 112 cm³/mol. The second kappa shape index (κ2) is 7.11. The maximum absolute atomic E-state index is 12.6. The summed E-state index contributed by atoms with van der Waals surface area (Å²) in [7, 11) is 0. The number of aromatic nitrogens is 3. The van der Waals surface area contributed by atoms with E-state index in [2.05, 4.69) is 25.9 Å². The van der Waals surface area contributed by atoms with Gasteiger partial charge in [-0.05, 0) is 43.2 Å². The van der Waals surface area contributed by atoms with Crippen molar-refractivity contribution in [2.24, 2.45) is 0 Å². The monoisotopic (exact) mass is 452 g/mol. The highest BCUT2D eigenvalue weighted by Crippen LogP contribution is 2.31. The van der Waals surface area contributed by atoms with E-state index in [4.69, 9.17) is 9.40 Å². The van der Waals surface area contributed by atoms with Crippen molar-refractivity contribution in [3.8, 4) is 0 Å². The Bertz CT molecular complexity index is 1270. The maximum Gasteiger partial charge on any atom is 0.294 e. The third kappa shape index (κ3) is 3.23. The molecular weight excluding hydrogens is 436 g/mol. The van der Waals surface area contributed by atoms with Gasteiger partial charge in [-0.25, -0.2) is 4.98 Å². The number of pyridine rings is 1. The Balaban J connectivity index is 1.42. The Hall–Kier alpha value is -3.00. The largest absolute Gasteiger partial charge is 0.449 e. The van der Waals surface area contributed by atoms with Gasteiger partial charge in [-0.3, -0.25) is 14.6 Å². The predicted octanol–water partition coefficient (Wildman–Crippen LogP) is 3.85. The molecule has 0 spiro atoms. The Morgan fingerprint density at radius 2 is 1.93 bits per heavy atom. The summed E-state index contributed by atoms with van der Waals surface area (Å²) in [6.45, 7) is 1.23. The number of carbonyl (C=O) groups excluding carboxylic acids is 1. The molecule has 1 saturated heterocycles.